The van der Waals surface area contributed by atoms with Crippen LogP contribution in [0.25, 0.3) is 0 Å². The van der Waals surface area contributed by atoms with Crippen LogP contribution in [0.1, 0.15) is 26.3 Å². The predicted molar refractivity (Wildman–Crippen MR) is 83.9 cm³/mol. The monoisotopic (exact) mass is 351 g/mol. The predicted octanol–water partition coefficient (Wildman–Crippen LogP) is 3.73. The SMILES string of the molecule is Nc1c(C(=O)CBr)cc(Cl)cc1C(=O)c1ccccc1. The van der Waals surface area contributed by atoms with Crippen LogP contribution >= 0.6 is 27.5 Å². The number of rotatable bonds is 4. The number of halogens is 2. The summed E-state index contributed by atoms with van der Waals surface area (Å²) < 4.78 is 0. The summed E-state index contributed by atoms with van der Waals surface area (Å²) in [5, 5.41) is 0.430. The number of hydrogen-bond acceptors (Lipinski definition) is 3. The van der Waals surface area contributed by atoms with E-state index < -0.39 is 0 Å². The Morgan fingerprint density at radius 2 is 1.70 bits per heavy atom. The summed E-state index contributed by atoms with van der Waals surface area (Å²) in [6.07, 6.45) is 0. The highest BCUT2D eigenvalue weighted by Gasteiger charge is 2.19. The van der Waals surface area contributed by atoms with Gasteiger partial charge in [0.05, 0.1) is 11.0 Å². The lowest BCUT2D eigenvalue weighted by Gasteiger charge is -2.10. The van der Waals surface area contributed by atoms with Gasteiger partial charge in [-0.1, -0.05) is 57.9 Å². The Kier molecular flexibility index (Phi) is 4.57. The van der Waals surface area contributed by atoms with Crippen LogP contribution in [-0.4, -0.2) is 16.9 Å². The lowest BCUT2D eigenvalue weighted by atomic mass is 9.97. The first-order chi connectivity index (χ1) is 9.54. The van der Waals surface area contributed by atoms with Gasteiger partial charge in [0.1, 0.15) is 0 Å². The lowest BCUT2D eigenvalue weighted by Crippen LogP contribution is -2.11. The quantitative estimate of drug-likeness (QED) is 0.518. The van der Waals surface area contributed by atoms with Crippen LogP contribution in [0.5, 0.6) is 0 Å². The third-order valence-corrected chi connectivity index (χ3v) is 3.57. The number of ketones is 2. The van der Waals surface area contributed by atoms with Crippen molar-refractivity contribution in [2.45, 2.75) is 0 Å². The van der Waals surface area contributed by atoms with E-state index in [-0.39, 0.29) is 33.7 Å². The standard InChI is InChI=1S/C15H11BrClNO2/c16-8-13(19)11-6-10(17)7-12(14(11)18)15(20)9-4-2-1-3-5-9/h1-7H,8,18H2. The van der Waals surface area contributed by atoms with Crippen molar-refractivity contribution in [1.82, 2.24) is 0 Å². The maximum Gasteiger partial charge on any atom is 0.195 e. The first-order valence-corrected chi connectivity index (χ1v) is 7.32. The van der Waals surface area contributed by atoms with Crippen LogP contribution in [0.2, 0.25) is 5.02 Å². The molecule has 2 rings (SSSR count). The van der Waals surface area contributed by atoms with E-state index in [4.69, 9.17) is 17.3 Å². The first-order valence-electron chi connectivity index (χ1n) is 5.82. The Balaban J connectivity index is 2.55. The molecule has 0 atom stereocenters. The maximum atomic E-state index is 12.4. The van der Waals surface area contributed by atoms with Gasteiger partial charge in [-0.15, -0.1) is 0 Å². The number of Topliss-reactive ketones (excluding diaryl/α,β-unsaturated/α-hetero) is 1. The Morgan fingerprint density at radius 3 is 2.30 bits per heavy atom. The van der Waals surface area contributed by atoms with Gasteiger partial charge in [-0.05, 0) is 12.1 Å². The topological polar surface area (TPSA) is 60.2 Å². The van der Waals surface area contributed by atoms with Crippen molar-refractivity contribution in [3.8, 4) is 0 Å². The molecule has 0 aliphatic carbocycles. The van der Waals surface area contributed by atoms with Crippen molar-refractivity contribution in [3.05, 3.63) is 64.2 Å². The molecule has 0 unspecified atom stereocenters. The van der Waals surface area contributed by atoms with E-state index >= 15 is 0 Å². The van der Waals surface area contributed by atoms with Gasteiger partial charge in [0, 0.05) is 21.7 Å². The summed E-state index contributed by atoms with van der Waals surface area (Å²) in [5.41, 5.74) is 7.11. The van der Waals surface area contributed by atoms with Crippen LogP contribution in [0.4, 0.5) is 5.69 Å². The van der Waals surface area contributed by atoms with Gasteiger partial charge in [-0.25, -0.2) is 0 Å². The molecule has 0 aliphatic rings. The van der Waals surface area contributed by atoms with E-state index in [1.165, 1.54) is 12.1 Å². The van der Waals surface area contributed by atoms with Gasteiger partial charge in [0.15, 0.2) is 11.6 Å². The average Bonchev–Trinajstić information content (AvgIpc) is 2.48. The maximum absolute atomic E-state index is 12.4. The molecule has 0 aliphatic heterocycles. The van der Waals surface area contributed by atoms with Crippen molar-refractivity contribution in [2.24, 2.45) is 0 Å². The minimum absolute atomic E-state index is 0.122. The fourth-order valence-electron chi connectivity index (χ4n) is 1.85. The van der Waals surface area contributed by atoms with Crippen molar-refractivity contribution >= 4 is 44.8 Å². The smallest absolute Gasteiger partial charge is 0.195 e. The molecule has 2 aromatic rings. The molecule has 3 nitrogen and oxygen atoms in total. The van der Waals surface area contributed by atoms with Crippen LogP contribution in [-0.2, 0) is 0 Å². The molecular formula is C15H11BrClNO2. The van der Waals surface area contributed by atoms with Gasteiger partial charge >= 0.3 is 0 Å². The van der Waals surface area contributed by atoms with Crippen molar-refractivity contribution in [3.63, 3.8) is 0 Å². The second-order valence-corrected chi connectivity index (χ2v) is 5.16. The number of carbonyl (C=O) groups is 2. The zero-order valence-corrected chi connectivity index (χ0v) is 12.7. The molecule has 5 heteroatoms. The second kappa shape index (κ2) is 6.20. The molecule has 0 amide bonds. The molecule has 0 bridgehead atoms. The molecule has 0 heterocycles. The number of carbonyl (C=O) groups excluding carboxylic acids is 2. The lowest BCUT2D eigenvalue weighted by molar-refractivity contribution is 0.102. The minimum atomic E-state index is -0.255. The second-order valence-electron chi connectivity index (χ2n) is 4.17. The molecule has 0 spiro atoms. The van der Waals surface area contributed by atoms with E-state index in [0.29, 0.717) is 10.6 Å². The summed E-state index contributed by atoms with van der Waals surface area (Å²) in [5.74, 6) is -0.471. The zero-order valence-electron chi connectivity index (χ0n) is 10.4. The van der Waals surface area contributed by atoms with E-state index in [1.807, 2.05) is 6.07 Å². The molecule has 0 radical (unpaired) electrons. The molecule has 0 saturated heterocycles. The van der Waals surface area contributed by atoms with E-state index in [2.05, 4.69) is 15.9 Å². The third-order valence-electron chi connectivity index (χ3n) is 2.85. The highest BCUT2D eigenvalue weighted by atomic mass is 79.9. The molecule has 0 saturated carbocycles. The van der Waals surface area contributed by atoms with Gasteiger partial charge in [0.25, 0.3) is 0 Å². The van der Waals surface area contributed by atoms with Crippen LogP contribution in [0.15, 0.2) is 42.5 Å². The summed E-state index contributed by atoms with van der Waals surface area (Å²) in [4.78, 5) is 24.2. The number of nitrogen functional groups attached to an aromatic ring is 1. The van der Waals surface area contributed by atoms with Gasteiger partial charge < -0.3 is 5.73 Å². The van der Waals surface area contributed by atoms with Crippen molar-refractivity contribution in [2.75, 3.05) is 11.1 Å². The summed E-state index contributed by atoms with van der Waals surface area (Å²) in [6.45, 7) is 0. The number of nitrogens with two attached hydrogens (primary N) is 1. The molecule has 0 aromatic heterocycles. The van der Waals surface area contributed by atoms with Gasteiger partial charge in [-0.3, -0.25) is 9.59 Å². The van der Waals surface area contributed by atoms with Crippen LogP contribution < -0.4 is 5.73 Å². The molecule has 102 valence electrons. The third kappa shape index (κ3) is 2.92. The van der Waals surface area contributed by atoms with Gasteiger partial charge in [-0.2, -0.15) is 0 Å². The largest absolute Gasteiger partial charge is 0.398 e. The molecular weight excluding hydrogens is 342 g/mol. The highest BCUT2D eigenvalue weighted by Crippen LogP contribution is 2.26. The number of alkyl halides is 1. The Labute approximate surface area is 129 Å². The van der Waals surface area contributed by atoms with E-state index in [0.717, 1.165) is 0 Å². The zero-order chi connectivity index (χ0) is 14.7. The fourth-order valence-corrected chi connectivity index (χ4v) is 2.37. The normalized spacial score (nSPS) is 10.3. The molecule has 2 N–H and O–H groups in total. The van der Waals surface area contributed by atoms with E-state index in [1.54, 1.807) is 24.3 Å². The fraction of sp³-hybridized carbons (Fsp3) is 0.0667. The molecule has 2 aromatic carbocycles. The van der Waals surface area contributed by atoms with Crippen molar-refractivity contribution < 1.29 is 9.59 Å². The minimum Gasteiger partial charge on any atom is -0.398 e. The van der Waals surface area contributed by atoms with E-state index in [9.17, 15) is 9.59 Å². The van der Waals surface area contributed by atoms with Crippen molar-refractivity contribution in [1.29, 1.82) is 0 Å². The van der Waals surface area contributed by atoms with Crippen LogP contribution in [0.3, 0.4) is 0 Å². The molecule has 0 fully saturated rings. The van der Waals surface area contributed by atoms with Crippen LogP contribution in [0, 0.1) is 0 Å². The number of benzene rings is 2. The number of hydrogen-bond donors (Lipinski definition) is 1. The Bertz CT molecular complexity index is 671. The first kappa shape index (κ1) is 14.8. The Hall–Kier alpha value is -1.65. The summed E-state index contributed by atoms with van der Waals surface area (Å²) in [7, 11) is 0. The summed E-state index contributed by atoms with van der Waals surface area (Å²) >= 11 is 9.06. The van der Waals surface area contributed by atoms with Gasteiger partial charge in [0.2, 0.25) is 0 Å². The molecule has 20 heavy (non-hydrogen) atoms. The average molecular weight is 353 g/mol. The number of anilines is 1. The summed E-state index contributed by atoms with van der Waals surface area (Å²) in [6, 6.07) is 11.7. The Morgan fingerprint density at radius 1 is 1.10 bits per heavy atom. The highest BCUT2D eigenvalue weighted by molar-refractivity contribution is 9.09.